The van der Waals surface area contributed by atoms with Gasteiger partial charge in [0.15, 0.2) is 0 Å². The zero-order valence-electron chi connectivity index (χ0n) is 23.8. The van der Waals surface area contributed by atoms with Gasteiger partial charge in [-0.25, -0.2) is 0 Å². The number of ether oxygens (including phenoxy) is 6. The summed E-state index contributed by atoms with van der Waals surface area (Å²) in [6.07, 6.45) is 8.11. The lowest BCUT2D eigenvalue weighted by Gasteiger charge is -2.05. The molecule has 208 valence electrons. The molecule has 0 unspecified atom stereocenters. The van der Waals surface area contributed by atoms with Crippen LogP contribution in [0.5, 0.6) is 34.5 Å². The first-order valence-electron chi connectivity index (χ1n) is 12.6. The SMILES string of the molecule is COc1ccc(/C=C/c2cc(OC)cc(OC)c2)cc1.COc1ccc(/C=C/c2cc(OC)cc(OC)c2)cc1. The van der Waals surface area contributed by atoms with E-state index in [2.05, 4.69) is 0 Å². The van der Waals surface area contributed by atoms with Crippen LogP contribution in [0.15, 0.2) is 84.9 Å². The van der Waals surface area contributed by atoms with Gasteiger partial charge < -0.3 is 28.4 Å². The minimum absolute atomic E-state index is 0.777. The highest BCUT2D eigenvalue weighted by atomic mass is 16.5. The van der Waals surface area contributed by atoms with E-state index in [0.717, 1.165) is 56.8 Å². The van der Waals surface area contributed by atoms with E-state index in [-0.39, 0.29) is 0 Å². The third-order valence-electron chi connectivity index (χ3n) is 5.92. The van der Waals surface area contributed by atoms with Crippen molar-refractivity contribution in [3.8, 4) is 34.5 Å². The van der Waals surface area contributed by atoms with Crippen LogP contribution in [0.25, 0.3) is 24.3 Å². The smallest absolute Gasteiger partial charge is 0.123 e. The standard InChI is InChI=1S/2C17H18O3/c2*1-18-15-8-6-13(7-9-15)4-5-14-10-16(19-2)12-17(11-14)20-3/h2*4-12H,1-3H3/b2*5-4+. The van der Waals surface area contributed by atoms with E-state index in [9.17, 15) is 0 Å². The molecule has 0 heterocycles. The zero-order valence-corrected chi connectivity index (χ0v) is 23.8. The summed E-state index contributed by atoms with van der Waals surface area (Å²) < 4.78 is 31.3. The zero-order chi connectivity index (χ0) is 28.7. The maximum atomic E-state index is 5.25. The Morgan fingerprint density at radius 2 is 0.550 bits per heavy atom. The summed E-state index contributed by atoms with van der Waals surface area (Å²) in [5.74, 6) is 4.81. The van der Waals surface area contributed by atoms with Crippen molar-refractivity contribution in [3.63, 3.8) is 0 Å². The topological polar surface area (TPSA) is 55.4 Å². The lowest BCUT2D eigenvalue weighted by molar-refractivity contribution is 0.394. The lowest BCUT2D eigenvalue weighted by Crippen LogP contribution is -1.88. The van der Waals surface area contributed by atoms with Crippen LogP contribution in [0.3, 0.4) is 0 Å². The summed E-state index contributed by atoms with van der Waals surface area (Å²) in [4.78, 5) is 0. The molecule has 6 heteroatoms. The second kappa shape index (κ2) is 15.5. The van der Waals surface area contributed by atoms with E-state index in [4.69, 9.17) is 28.4 Å². The third kappa shape index (κ3) is 9.17. The van der Waals surface area contributed by atoms with Gasteiger partial charge in [0, 0.05) is 12.1 Å². The van der Waals surface area contributed by atoms with Gasteiger partial charge >= 0.3 is 0 Å². The van der Waals surface area contributed by atoms with Gasteiger partial charge in [-0.3, -0.25) is 0 Å². The molecule has 6 nitrogen and oxygen atoms in total. The van der Waals surface area contributed by atoms with E-state index in [1.807, 2.05) is 109 Å². The Morgan fingerprint density at radius 1 is 0.300 bits per heavy atom. The predicted octanol–water partition coefficient (Wildman–Crippen LogP) is 7.77. The maximum Gasteiger partial charge on any atom is 0.123 e. The lowest BCUT2D eigenvalue weighted by atomic mass is 10.1. The Hall–Kier alpha value is -4.84. The Kier molecular flexibility index (Phi) is 11.5. The predicted molar refractivity (Wildman–Crippen MR) is 163 cm³/mol. The van der Waals surface area contributed by atoms with Gasteiger partial charge in [-0.15, -0.1) is 0 Å². The quantitative estimate of drug-likeness (QED) is 0.192. The fourth-order valence-corrected chi connectivity index (χ4v) is 3.67. The molecule has 0 aliphatic carbocycles. The van der Waals surface area contributed by atoms with Gasteiger partial charge in [-0.2, -0.15) is 0 Å². The van der Waals surface area contributed by atoms with Crippen molar-refractivity contribution in [2.45, 2.75) is 0 Å². The average Bonchev–Trinajstić information content (AvgIpc) is 3.03. The van der Waals surface area contributed by atoms with Crippen molar-refractivity contribution in [3.05, 3.63) is 107 Å². The van der Waals surface area contributed by atoms with Gasteiger partial charge in [-0.1, -0.05) is 48.6 Å². The first-order chi connectivity index (χ1) is 19.5. The number of benzene rings is 4. The average molecular weight is 541 g/mol. The Morgan fingerprint density at radius 3 is 0.800 bits per heavy atom. The molecule has 0 saturated heterocycles. The van der Waals surface area contributed by atoms with Crippen LogP contribution in [-0.2, 0) is 0 Å². The van der Waals surface area contributed by atoms with Gasteiger partial charge in [0.2, 0.25) is 0 Å². The molecule has 0 aliphatic rings. The van der Waals surface area contributed by atoms with Crippen molar-refractivity contribution >= 4 is 24.3 Å². The largest absolute Gasteiger partial charge is 0.497 e. The van der Waals surface area contributed by atoms with Crippen molar-refractivity contribution in [1.29, 1.82) is 0 Å². The van der Waals surface area contributed by atoms with Crippen LogP contribution in [0.1, 0.15) is 22.3 Å². The third-order valence-corrected chi connectivity index (χ3v) is 5.92. The monoisotopic (exact) mass is 540 g/mol. The molecule has 0 amide bonds. The molecule has 0 saturated carbocycles. The normalized spacial score (nSPS) is 10.6. The van der Waals surface area contributed by atoms with Crippen LogP contribution >= 0.6 is 0 Å². The second-order valence-electron chi connectivity index (χ2n) is 8.50. The first kappa shape index (κ1) is 29.7. The highest BCUT2D eigenvalue weighted by Gasteiger charge is 2.01. The Bertz CT molecular complexity index is 1240. The highest BCUT2D eigenvalue weighted by Crippen LogP contribution is 2.25. The van der Waals surface area contributed by atoms with Crippen LogP contribution in [0.2, 0.25) is 0 Å². The van der Waals surface area contributed by atoms with Gasteiger partial charge in [-0.05, 0) is 70.8 Å². The summed E-state index contributed by atoms with van der Waals surface area (Å²) in [6, 6.07) is 27.3. The number of hydrogen-bond acceptors (Lipinski definition) is 6. The fraction of sp³-hybridized carbons (Fsp3) is 0.176. The van der Waals surface area contributed by atoms with E-state index in [1.165, 1.54) is 0 Å². The molecule has 4 aromatic rings. The fourth-order valence-electron chi connectivity index (χ4n) is 3.67. The van der Waals surface area contributed by atoms with Crippen LogP contribution < -0.4 is 28.4 Å². The number of rotatable bonds is 10. The molecule has 0 aromatic heterocycles. The summed E-state index contributed by atoms with van der Waals surface area (Å²) >= 11 is 0. The molecule has 0 spiro atoms. The van der Waals surface area contributed by atoms with Crippen molar-refractivity contribution in [2.75, 3.05) is 42.7 Å². The number of methoxy groups -OCH3 is 6. The summed E-state index contributed by atoms with van der Waals surface area (Å²) in [7, 11) is 9.90. The summed E-state index contributed by atoms with van der Waals surface area (Å²) in [5.41, 5.74) is 4.26. The van der Waals surface area contributed by atoms with Crippen molar-refractivity contribution < 1.29 is 28.4 Å². The number of hydrogen-bond donors (Lipinski definition) is 0. The molecule has 4 aromatic carbocycles. The first-order valence-corrected chi connectivity index (χ1v) is 12.6. The molecule has 40 heavy (non-hydrogen) atoms. The van der Waals surface area contributed by atoms with E-state index >= 15 is 0 Å². The van der Waals surface area contributed by atoms with E-state index < -0.39 is 0 Å². The van der Waals surface area contributed by atoms with Gasteiger partial charge in [0.1, 0.15) is 34.5 Å². The second-order valence-corrected chi connectivity index (χ2v) is 8.50. The molecule has 0 N–H and O–H groups in total. The van der Waals surface area contributed by atoms with Crippen LogP contribution in [0, 0.1) is 0 Å². The highest BCUT2D eigenvalue weighted by molar-refractivity contribution is 5.72. The molecular formula is C34H36O6. The van der Waals surface area contributed by atoms with Crippen molar-refractivity contribution in [1.82, 2.24) is 0 Å². The summed E-state index contributed by atoms with van der Waals surface area (Å²) in [5, 5.41) is 0. The molecule has 0 fully saturated rings. The minimum atomic E-state index is 0.777. The van der Waals surface area contributed by atoms with Gasteiger partial charge in [0.25, 0.3) is 0 Å². The molecule has 0 aliphatic heterocycles. The Labute approximate surface area is 237 Å². The Balaban J connectivity index is 0.000000220. The van der Waals surface area contributed by atoms with Crippen molar-refractivity contribution in [2.24, 2.45) is 0 Å². The molecular weight excluding hydrogens is 504 g/mol. The van der Waals surface area contributed by atoms with E-state index in [1.54, 1.807) is 42.7 Å². The molecule has 0 bridgehead atoms. The van der Waals surface area contributed by atoms with Crippen LogP contribution in [-0.4, -0.2) is 42.7 Å². The summed E-state index contributed by atoms with van der Waals surface area (Å²) in [6.45, 7) is 0. The van der Waals surface area contributed by atoms with E-state index in [0.29, 0.717) is 0 Å². The minimum Gasteiger partial charge on any atom is -0.497 e. The molecule has 0 atom stereocenters. The molecule has 0 radical (unpaired) electrons. The molecule has 4 rings (SSSR count). The van der Waals surface area contributed by atoms with Crippen LogP contribution in [0.4, 0.5) is 0 Å². The van der Waals surface area contributed by atoms with Gasteiger partial charge in [0.05, 0.1) is 42.7 Å². The maximum absolute atomic E-state index is 5.25.